The summed E-state index contributed by atoms with van der Waals surface area (Å²) in [6.07, 6.45) is 3.00. The van der Waals surface area contributed by atoms with Crippen LogP contribution in [0.5, 0.6) is 11.5 Å². The van der Waals surface area contributed by atoms with Crippen molar-refractivity contribution in [1.82, 2.24) is 15.3 Å². The molecule has 2 N–H and O–H groups in total. The summed E-state index contributed by atoms with van der Waals surface area (Å²) >= 11 is 0. The quantitative estimate of drug-likeness (QED) is 0.542. The first-order valence-corrected chi connectivity index (χ1v) is 11.2. The topological polar surface area (TPSA) is 88.6 Å². The Balaban J connectivity index is 1.36. The summed E-state index contributed by atoms with van der Waals surface area (Å²) in [7, 11) is 7.13. The summed E-state index contributed by atoms with van der Waals surface area (Å²) in [6, 6.07) is 13.5. The second-order valence-electron chi connectivity index (χ2n) is 8.61. The number of ether oxygens (including phenoxy) is 2. The van der Waals surface area contributed by atoms with E-state index >= 15 is 0 Å². The SMILES string of the molecule is COc1cc(OC)cc(C(=O)NC[C@@H]2CC[C@H](Nc3nc(N(C)C)c4ccccc4n3)C2)c1. The summed E-state index contributed by atoms with van der Waals surface area (Å²) in [5.41, 5.74) is 1.45. The van der Waals surface area contributed by atoms with E-state index in [2.05, 4.69) is 10.6 Å². The van der Waals surface area contributed by atoms with E-state index in [4.69, 9.17) is 19.4 Å². The summed E-state index contributed by atoms with van der Waals surface area (Å²) in [6.45, 7) is 0.623. The minimum absolute atomic E-state index is 0.128. The number of amides is 1. The van der Waals surface area contributed by atoms with E-state index in [1.807, 2.05) is 43.3 Å². The molecule has 0 aliphatic heterocycles. The first kappa shape index (κ1) is 22.6. The highest BCUT2D eigenvalue weighted by Gasteiger charge is 2.26. The molecule has 0 radical (unpaired) electrons. The zero-order valence-corrected chi connectivity index (χ0v) is 19.6. The van der Waals surface area contributed by atoms with Crippen molar-refractivity contribution < 1.29 is 14.3 Å². The van der Waals surface area contributed by atoms with Crippen LogP contribution in [0.2, 0.25) is 0 Å². The van der Waals surface area contributed by atoms with Gasteiger partial charge in [0.2, 0.25) is 5.95 Å². The predicted molar refractivity (Wildman–Crippen MR) is 130 cm³/mol. The fourth-order valence-electron chi connectivity index (χ4n) is 4.32. The molecule has 174 valence electrons. The molecule has 3 aromatic rings. The number of hydrogen-bond acceptors (Lipinski definition) is 7. The van der Waals surface area contributed by atoms with Gasteiger partial charge in [-0.3, -0.25) is 4.79 Å². The van der Waals surface area contributed by atoms with Gasteiger partial charge in [-0.05, 0) is 49.4 Å². The standard InChI is InChI=1S/C25H31N5O3/c1-30(2)23-21-7-5-6-8-22(21)28-25(29-23)27-18-10-9-16(11-18)15-26-24(31)17-12-19(32-3)14-20(13-17)33-4/h5-8,12-14,16,18H,9-11,15H2,1-4H3,(H,26,31)(H,27,28,29)/t16-,18+/m1/s1. The Kier molecular flexibility index (Phi) is 6.82. The Labute approximate surface area is 194 Å². The highest BCUT2D eigenvalue weighted by molar-refractivity contribution is 5.95. The van der Waals surface area contributed by atoms with E-state index in [9.17, 15) is 4.79 Å². The van der Waals surface area contributed by atoms with Gasteiger partial charge < -0.3 is 25.0 Å². The molecule has 0 unspecified atom stereocenters. The number of carbonyl (C=O) groups excluding carboxylic acids is 1. The van der Waals surface area contributed by atoms with Gasteiger partial charge in [-0.25, -0.2) is 4.98 Å². The number of nitrogens with zero attached hydrogens (tertiary/aromatic N) is 3. The van der Waals surface area contributed by atoms with E-state index < -0.39 is 0 Å². The van der Waals surface area contributed by atoms with Gasteiger partial charge in [0.25, 0.3) is 5.91 Å². The summed E-state index contributed by atoms with van der Waals surface area (Å²) in [5, 5.41) is 7.61. The molecule has 8 nitrogen and oxygen atoms in total. The van der Waals surface area contributed by atoms with Gasteiger partial charge >= 0.3 is 0 Å². The van der Waals surface area contributed by atoms with Gasteiger partial charge in [-0.15, -0.1) is 0 Å². The van der Waals surface area contributed by atoms with Crippen LogP contribution >= 0.6 is 0 Å². The number of anilines is 2. The third kappa shape index (κ3) is 5.27. The van der Waals surface area contributed by atoms with Gasteiger partial charge in [0.05, 0.1) is 19.7 Å². The molecule has 1 aliphatic carbocycles. The third-order valence-corrected chi connectivity index (χ3v) is 6.05. The molecule has 8 heteroatoms. The maximum Gasteiger partial charge on any atom is 0.251 e. The van der Waals surface area contributed by atoms with E-state index in [1.54, 1.807) is 32.4 Å². The normalized spacial score (nSPS) is 17.6. The number of aromatic nitrogens is 2. The molecule has 4 rings (SSSR count). The van der Waals surface area contributed by atoms with Crippen molar-refractivity contribution in [2.45, 2.75) is 25.3 Å². The van der Waals surface area contributed by atoms with Crippen molar-refractivity contribution in [2.75, 3.05) is 45.1 Å². The fourth-order valence-corrected chi connectivity index (χ4v) is 4.32. The van der Waals surface area contributed by atoms with Crippen molar-refractivity contribution >= 4 is 28.6 Å². The van der Waals surface area contributed by atoms with Crippen molar-refractivity contribution in [3.63, 3.8) is 0 Å². The summed E-state index contributed by atoms with van der Waals surface area (Å²) in [4.78, 5) is 24.1. The number of rotatable bonds is 8. The summed E-state index contributed by atoms with van der Waals surface area (Å²) in [5.74, 6) is 3.01. The van der Waals surface area contributed by atoms with Gasteiger partial charge in [0, 0.05) is 43.7 Å². The number of benzene rings is 2. The van der Waals surface area contributed by atoms with Crippen LogP contribution in [-0.2, 0) is 0 Å². The highest BCUT2D eigenvalue weighted by Crippen LogP contribution is 2.29. The second kappa shape index (κ2) is 9.94. The van der Waals surface area contributed by atoms with Gasteiger partial charge in [0.1, 0.15) is 17.3 Å². The molecule has 1 fully saturated rings. The van der Waals surface area contributed by atoms with E-state index in [-0.39, 0.29) is 11.9 Å². The van der Waals surface area contributed by atoms with E-state index in [0.717, 1.165) is 36.0 Å². The molecule has 0 spiro atoms. The Morgan fingerprint density at radius 2 is 1.79 bits per heavy atom. The molecule has 33 heavy (non-hydrogen) atoms. The Bertz CT molecular complexity index is 1110. The van der Waals surface area contributed by atoms with Crippen LogP contribution in [-0.4, -0.2) is 56.8 Å². The second-order valence-corrected chi connectivity index (χ2v) is 8.61. The van der Waals surface area contributed by atoms with Gasteiger partial charge in [-0.1, -0.05) is 12.1 Å². The number of hydrogen-bond donors (Lipinski definition) is 2. The molecule has 1 aliphatic rings. The van der Waals surface area contributed by atoms with Crippen LogP contribution in [0.3, 0.4) is 0 Å². The highest BCUT2D eigenvalue weighted by atomic mass is 16.5. The van der Waals surface area contributed by atoms with Gasteiger partial charge in [0.15, 0.2) is 0 Å². The van der Waals surface area contributed by atoms with Crippen LogP contribution in [0.1, 0.15) is 29.6 Å². The van der Waals surface area contributed by atoms with Crippen LogP contribution in [0.4, 0.5) is 11.8 Å². The molecule has 0 bridgehead atoms. The van der Waals surface area contributed by atoms with Crippen molar-refractivity contribution in [2.24, 2.45) is 5.92 Å². The molecular weight excluding hydrogens is 418 g/mol. The summed E-state index contributed by atoms with van der Waals surface area (Å²) < 4.78 is 10.5. The van der Waals surface area contributed by atoms with Crippen LogP contribution in [0, 0.1) is 5.92 Å². The minimum atomic E-state index is -0.128. The fraction of sp³-hybridized carbons (Fsp3) is 0.400. The monoisotopic (exact) mass is 449 g/mol. The molecule has 1 amide bonds. The smallest absolute Gasteiger partial charge is 0.251 e. The van der Waals surface area contributed by atoms with Crippen molar-refractivity contribution in [3.05, 3.63) is 48.0 Å². The average Bonchev–Trinajstić information content (AvgIpc) is 3.28. The average molecular weight is 450 g/mol. The first-order chi connectivity index (χ1) is 16.0. The van der Waals surface area contributed by atoms with Crippen LogP contribution < -0.4 is 25.0 Å². The van der Waals surface area contributed by atoms with Crippen molar-refractivity contribution in [1.29, 1.82) is 0 Å². The Morgan fingerprint density at radius 1 is 1.06 bits per heavy atom. The van der Waals surface area contributed by atoms with Gasteiger partial charge in [-0.2, -0.15) is 4.98 Å². The molecule has 0 saturated heterocycles. The maximum atomic E-state index is 12.7. The zero-order chi connectivity index (χ0) is 23.4. The number of fused-ring (bicyclic) bond motifs is 1. The molecular formula is C25H31N5O3. The molecule has 1 saturated carbocycles. The lowest BCUT2D eigenvalue weighted by Crippen LogP contribution is -2.29. The lowest BCUT2D eigenvalue weighted by molar-refractivity contribution is 0.0946. The molecule has 2 atom stereocenters. The largest absolute Gasteiger partial charge is 0.497 e. The third-order valence-electron chi connectivity index (χ3n) is 6.05. The van der Waals surface area contributed by atoms with E-state index in [1.165, 1.54) is 0 Å². The molecule has 1 heterocycles. The van der Waals surface area contributed by atoms with Crippen LogP contribution in [0.25, 0.3) is 10.9 Å². The number of methoxy groups -OCH3 is 2. The predicted octanol–water partition coefficient (Wildman–Crippen LogP) is 3.72. The molecule has 2 aromatic carbocycles. The molecule has 1 aromatic heterocycles. The number of para-hydroxylation sites is 1. The van der Waals surface area contributed by atoms with E-state index in [0.29, 0.717) is 35.5 Å². The first-order valence-electron chi connectivity index (χ1n) is 11.2. The van der Waals surface area contributed by atoms with Crippen molar-refractivity contribution in [3.8, 4) is 11.5 Å². The lowest BCUT2D eigenvalue weighted by atomic mass is 10.1. The maximum absolute atomic E-state index is 12.7. The number of carbonyl (C=O) groups is 1. The zero-order valence-electron chi connectivity index (χ0n) is 19.6. The lowest BCUT2D eigenvalue weighted by Gasteiger charge is -2.18. The Hall–Kier alpha value is -3.55. The Morgan fingerprint density at radius 3 is 2.48 bits per heavy atom. The minimum Gasteiger partial charge on any atom is -0.497 e. The van der Waals surface area contributed by atoms with Crippen LogP contribution in [0.15, 0.2) is 42.5 Å². The number of nitrogens with one attached hydrogen (secondary N) is 2.